The van der Waals surface area contributed by atoms with Crippen molar-refractivity contribution < 1.29 is 9.15 Å². The fraction of sp³-hybridized carbons (Fsp3) is 0.0556. The van der Waals surface area contributed by atoms with Gasteiger partial charge in [0.2, 0.25) is 0 Å². The molecule has 3 rings (SSSR count). The number of furan rings is 1. The van der Waals surface area contributed by atoms with E-state index >= 15 is 0 Å². The van der Waals surface area contributed by atoms with Crippen molar-refractivity contribution in [2.45, 2.75) is 0 Å². The smallest absolute Gasteiger partial charge is 0.145 e. The minimum Gasteiger partial charge on any atom is -0.497 e. The van der Waals surface area contributed by atoms with Crippen LogP contribution in [0.2, 0.25) is 5.02 Å². The van der Waals surface area contributed by atoms with E-state index in [1.807, 2.05) is 60.7 Å². The predicted molar refractivity (Wildman–Crippen MR) is 89.4 cm³/mol. The van der Waals surface area contributed by atoms with Crippen molar-refractivity contribution in [1.82, 2.24) is 0 Å². The number of nitrogens with zero attached hydrogens (tertiary/aromatic N) is 1. The second-order valence-corrected chi connectivity index (χ2v) is 5.05. The Kier molecular flexibility index (Phi) is 4.26. The van der Waals surface area contributed by atoms with Gasteiger partial charge in [0.05, 0.1) is 24.0 Å². The highest BCUT2D eigenvalue weighted by atomic mass is 35.5. The van der Waals surface area contributed by atoms with Crippen LogP contribution in [-0.2, 0) is 0 Å². The Morgan fingerprint density at radius 3 is 2.50 bits per heavy atom. The zero-order valence-corrected chi connectivity index (χ0v) is 12.7. The maximum atomic E-state index is 6.16. The summed E-state index contributed by atoms with van der Waals surface area (Å²) in [6, 6.07) is 18.8. The molecule has 1 heterocycles. The Morgan fingerprint density at radius 1 is 1.00 bits per heavy atom. The van der Waals surface area contributed by atoms with E-state index < -0.39 is 0 Å². The standard InChI is InChI=1S/C18H14ClNO2/c1-21-14-8-6-13(7-9-14)20-12-15-10-11-18(22-15)16-4-2-3-5-17(16)19/h2-12H,1H3. The molecule has 0 bridgehead atoms. The first-order chi connectivity index (χ1) is 10.8. The number of aliphatic imine (C=N–C) groups is 1. The fourth-order valence-electron chi connectivity index (χ4n) is 2.03. The first kappa shape index (κ1) is 14.4. The highest BCUT2D eigenvalue weighted by Gasteiger charge is 2.06. The van der Waals surface area contributed by atoms with Crippen LogP contribution in [0.15, 0.2) is 70.1 Å². The molecule has 2 aromatic carbocycles. The van der Waals surface area contributed by atoms with Crippen molar-refractivity contribution in [3.05, 3.63) is 71.4 Å². The number of ether oxygens (including phenoxy) is 1. The van der Waals surface area contributed by atoms with Gasteiger partial charge in [0, 0.05) is 5.56 Å². The monoisotopic (exact) mass is 311 g/mol. The van der Waals surface area contributed by atoms with E-state index in [9.17, 15) is 0 Å². The molecule has 0 saturated carbocycles. The van der Waals surface area contributed by atoms with Crippen molar-refractivity contribution >= 4 is 23.5 Å². The molecule has 0 saturated heterocycles. The summed E-state index contributed by atoms with van der Waals surface area (Å²) < 4.78 is 10.9. The Balaban J connectivity index is 1.79. The molecule has 0 N–H and O–H groups in total. The third-order valence-corrected chi connectivity index (χ3v) is 3.51. The van der Waals surface area contributed by atoms with E-state index in [4.69, 9.17) is 20.8 Å². The molecule has 0 atom stereocenters. The van der Waals surface area contributed by atoms with E-state index in [1.165, 1.54) is 0 Å². The van der Waals surface area contributed by atoms with Crippen LogP contribution in [0.4, 0.5) is 5.69 Å². The zero-order valence-electron chi connectivity index (χ0n) is 12.0. The van der Waals surface area contributed by atoms with Gasteiger partial charge >= 0.3 is 0 Å². The predicted octanol–water partition coefficient (Wildman–Crippen LogP) is 5.36. The van der Waals surface area contributed by atoms with Crippen LogP contribution in [0.25, 0.3) is 11.3 Å². The van der Waals surface area contributed by atoms with Crippen molar-refractivity contribution in [1.29, 1.82) is 0 Å². The van der Waals surface area contributed by atoms with Crippen LogP contribution in [0.3, 0.4) is 0 Å². The Labute approximate surface area is 133 Å². The van der Waals surface area contributed by atoms with E-state index in [1.54, 1.807) is 13.3 Å². The minimum absolute atomic E-state index is 0.662. The molecule has 4 heteroatoms. The van der Waals surface area contributed by atoms with Crippen LogP contribution in [0, 0.1) is 0 Å². The van der Waals surface area contributed by atoms with Crippen LogP contribution < -0.4 is 4.74 Å². The number of hydrogen-bond donors (Lipinski definition) is 0. The molecule has 0 aliphatic carbocycles. The van der Waals surface area contributed by atoms with Gasteiger partial charge in [-0.25, -0.2) is 0 Å². The minimum atomic E-state index is 0.662. The SMILES string of the molecule is COc1ccc(N=Cc2ccc(-c3ccccc3Cl)o2)cc1. The second-order valence-electron chi connectivity index (χ2n) is 4.64. The Morgan fingerprint density at radius 2 is 1.77 bits per heavy atom. The molecule has 3 aromatic rings. The normalized spacial score (nSPS) is 11.0. The molecule has 0 aliphatic rings. The summed E-state index contributed by atoms with van der Waals surface area (Å²) >= 11 is 6.16. The summed E-state index contributed by atoms with van der Waals surface area (Å²) in [5.74, 6) is 2.20. The summed E-state index contributed by atoms with van der Waals surface area (Å²) in [5, 5.41) is 0.662. The van der Waals surface area contributed by atoms with Crippen molar-refractivity contribution in [2.24, 2.45) is 4.99 Å². The van der Waals surface area contributed by atoms with E-state index in [-0.39, 0.29) is 0 Å². The van der Waals surface area contributed by atoms with Gasteiger partial charge in [-0.2, -0.15) is 0 Å². The largest absolute Gasteiger partial charge is 0.497 e. The zero-order chi connectivity index (χ0) is 15.4. The van der Waals surface area contributed by atoms with E-state index in [2.05, 4.69) is 4.99 Å². The van der Waals surface area contributed by atoms with E-state index in [0.717, 1.165) is 22.8 Å². The molecule has 0 radical (unpaired) electrons. The van der Waals surface area contributed by atoms with Crippen molar-refractivity contribution in [3.8, 4) is 17.1 Å². The number of methoxy groups -OCH3 is 1. The number of rotatable bonds is 4. The van der Waals surface area contributed by atoms with E-state index in [0.29, 0.717) is 10.8 Å². The van der Waals surface area contributed by atoms with Crippen LogP contribution in [-0.4, -0.2) is 13.3 Å². The van der Waals surface area contributed by atoms with Gasteiger partial charge in [0.1, 0.15) is 17.3 Å². The Hall–Kier alpha value is -2.52. The molecule has 22 heavy (non-hydrogen) atoms. The second kappa shape index (κ2) is 6.50. The van der Waals surface area contributed by atoms with Gasteiger partial charge in [-0.05, 0) is 48.5 Å². The van der Waals surface area contributed by atoms with Crippen molar-refractivity contribution in [3.63, 3.8) is 0 Å². The lowest BCUT2D eigenvalue weighted by Crippen LogP contribution is -1.80. The molecule has 1 aromatic heterocycles. The summed E-state index contributed by atoms with van der Waals surface area (Å²) in [7, 11) is 1.64. The highest BCUT2D eigenvalue weighted by molar-refractivity contribution is 6.33. The molecular formula is C18H14ClNO2. The maximum Gasteiger partial charge on any atom is 0.145 e. The third-order valence-electron chi connectivity index (χ3n) is 3.18. The van der Waals surface area contributed by atoms with Crippen LogP contribution in [0.5, 0.6) is 5.75 Å². The van der Waals surface area contributed by atoms with Gasteiger partial charge in [-0.3, -0.25) is 4.99 Å². The summed E-state index contributed by atoms with van der Waals surface area (Å²) in [5.41, 5.74) is 1.70. The number of benzene rings is 2. The number of halogens is 1. The summed E-state index contributed by atoms with van der Waals surface area (Å²) in [6.45, 7) is 0. The number of hydrogen-bond acceptors (Lipinski definition) is 3. The van der Waals surface area contributed by atoms with Gasteiger partial charge in [-0.1, -0.05) is 23.7 Å². The van der Waals surface area contributed by atoms with Crippen LogP contribution >= 0.6 is 11.6 Å². The average Bonchev–Trinajstić information content (AvgIpc) is 3.02. The quantitative estimate of drug-likeness (QED) is 0.608. The topological polar surface area (TPSA) is 34.7 Å². The van der Waals surface area contributed by atoms with Crippen LogP contribution in [0.1, 0.15) is 5.76 Å². The first-order valence-electron chi connectivity index (χ1n) is 6.79. The van der Waals surface area contributed by atoms with Gasteiger partial charge in [0.25, 0.3) is 0 Å². The summed E-state index contributed by atoms with van der Waals surface area (Å²) in [4.78, 5) is 4.37. The maximum absolute atomic E-state index is 6.16. The highest BCUT2D eigenvalue weighted by Crippen LogP contribution is 2.28. The molecule has 110 valence electrons. The molecule has 0 fully saturated rings. The lowest BCUT2D eigenvalue weighted by molar-refractivity contribution is 0.415. The molecule has 0 amide bonds. The average molecular weight is 312 g/mol. The lowest BCUT2D eigenvalue weighted by atomic mass is 10.2. The van der Waals surface area contributed by atoms with Gasteiger partial charge in [-0.15, -0.1) is 0 Å². The summed E-state index contributed by atoms with van der Waals surface area (Å²) in [6.07, 6.45) is 1.68. The molecule has 0 spiro atoms. The Bertz CT molecular complexity index is 791. The molecule has 0 unspecified atom stereocenters. The third kappa shape index (κ3) is 3.21. The molecule has 0 aliphatic heterocycles. The fourth-order valence-corrected chi connectivity index (χ4v) is 2.26. The van der Waals surface area contributed by atoms with Crippen molar-refractivity contribution in [2.75, 3.05) is 7.11 Å². The van der Waals surface area contributed by atoms with Gasteiger partial charge < -0.3 is 9.15 Å². The molecule has 3 nitrogen and oxygen atoms in total. The molecular weight excluding hydrogens is 298 g/mol. The van der Waals surface area contributed by atoms with Gasteiger partial charge in [0.15, 0.2) is 0 Å². The lowest BCUT2D eigenvalue weighted by Gasteiger charge is -1.99. The first-order valence-corrected chi connectivity index (χ1v) is 7.17.